The third-order valence-corrected chi connectivity index (χ3v) is 5.28. The maximum atomic E-state index is 12.6. The number of nitrogens with one attached hydrogen (secondary N) is 1. The lowest BCUT2D eigenvalue weighted by Crippen LogP contribution is -2.48. The summed E-state index contributed by atoms with van der Waals surface area (Å²) in [6, 6.07) is 8.22. The number of carbonyl (C=O) groups is 1. The number of amides is 2. The molecule has 1 aliphatic heterocycles. The maximum absolute atomic E-state index is 12.6. The van der Waals surface area contributed by atoms with Crippen LogP contribution in [0.15, 0.2) is 24.3 Å². The molecule has 2 aromatic rings. The molecule has 2 amide bonds. The Balaban J connectivity index is 1.79. The van der Waals surface area contributed by atoms with E-state index in [1.807, 2.05) is 30.0 Å². The minimum atomic E-state index is -0.0153. The Bertz CT molecular complexity index is 640. The van der Waals surface area contributed by atoms with Crippen molar-refractivity contribution in [2.75, 3.05) is 20.3 Å². The second-order valence-corrected chi connectivity index (χ2v) is 7.09. The first-order valence-electron chi connectivity index (χ1n) is 8.10. The van der Waals surface area contributed by atoms with E-state index in [9.17, 15) is 4.79 Å². The van der Waals surface area contributed by atoms with Crippen molar-refractivity contribution in [3.05, 3.63) is 29.3 Å². The van der Waals surface area contributed by atoms with E-state index in [-0.39, 0.29) is 18.1 Å². The molecule has 5 nitrogen and oxygen atoms in total. The summed E-state index contributed by atoms with van der Waals surface area (Å²) in [5.74, 6) is 0. The van der Waals surface area contributed by atoms with E-state index in [1.54, 1.807) is 18.4 Å². The second-order valence-electron chi connectivity index (χ2n) is 6.03. The number of piperidine rings is 1. The Morgan fingerprint density at radius 3 is 3.09 bits per heavy atom. The van der Waals surface area contributed by atoms with Crippen molar-refractivity contribution < 1.29 is 9.53 Å². The molecule has 23 heavy (non-hydrogen) atoms. The molecule has 1 aliphatic rings. The average molecular weight is 333 g/mol. The molecule has 1 aromatic carbocycles. The molecule has 124 valence electrons. The number of aromatic nitrogens is 1. The zero-order chi connectivity index (χ0) is 16.2. The van der Waals surface area contributed by atoms with Crippen LogP contribution in [0.25, 0.3) is 10.2 Å². The van der Waals surface area contributed by atoms with E-state index in [1.165, 1.54) is 4.70 Å². The zero-order valence-electron chi connectivity index (χ0n) is 13.6. The van der Waals surface area contributed by atoms with Gasteiger partial charge in [0.25, 0.3) is 0 Å². The number of para-hydroxylation sites is 1. The first-order valence-corrected chi connectivity index (χ1v) is 8.92. The number of fused-ring (bicyclic) bond motifs is 1. The number of methoxy groups -OCH3 is 1. The van der Waals surface area contributed by atoms with Crippen LogP contribution in [0.5, 0.6) is 0 Å². The summed E-state index contributed by atoms with van der Waals surface area (Å²) in [5, 5.41) is 4.06. The van der Waals surface area contributed by atoms with Crippen molar-refractivity contribution in [1.82, 2.24) is 15.2 Å². The highest BCUT2D eigenvalue weighted by Gasteiger charge is 2.30. The lowest BCUT2D eigenvalue weighted by Gasteiger charge is -2.35. The van der Waals surface area contributed by atoms with Gasteiger partial charge < -0.3 is 15.0 Å². The van der Waals surface area contributed by atoms with Gasteiger partial charge in [-0.1, -0.05) is 12.1 Å². The van der Waals surface area contributed by atoms with Gasteiger partial charge in [-0.05, 0) is 38.3 Å². The molecule has 6 heteroatoms. The highest BCUT2D eigenvalue weighted by atomic mass is 32.1. The van der Waals surface area contributed by atoms with Gasteiger partial charge in [0.1, 0.15) is 5.01 Å². The topological polar surface area (TPSA) is 54.5 Å². The predicted octanol–water partition coefficient (Wildman–Crippen LogP) is 3.57. The van der Waals surface area contributed by atoms with Crippen LogP contribution in [0.4, 0.5) is 4.79 Å². The number of likely N-dealkylation sites (tertiary alicyclic amines) is 1. The van der Waals surface area contributed by atoms with Gasteiger partial charge in [-0.2, -0.15) is 0 Å². The van der Waals surface area contributed by atoms with Crippen LogP contribution >= 0.6 is 11.3 Å². The third kappa shape index (κ3) is 3.64. The normalized spacial score (nSPS) is 19.7. The molecule has 2 heterocycles. The van der Waals surface area contributed by atoms with Crippen LogP contribution in [0.1, 0.15) is 37.2 Å². The summed E-state index contributed by atoms with van der Waals surface area (Å²) in [4.78, 5) is 19.3. The van der Waals surface area contributed by atoms with Gasteiger partial charge >= 0.3 is 6.03 Å². The van der Waals surface area contributed by atoms with Crippen molar-refractivity contribution in [3.8, 4) is 0 Å². The van der Waals surface area contributed by atoms with E-state index in [0.29, 0.717) is 6.61 Å². The first kappa shape index (κ1) is 16.2. The average Bonchev–Trinajstić information content (AvgIpc) is 2.99. The molecule has 1 aromatic heterocycles. The van der Waals surface area contributed by atoms with Crippen molar-refractivity contribution in [3.63, 3.8) is 0 Å². The molecule has 0 aliphatic carbocycles. The van der Waals surface area contributed by atoms with Gasteiger partial charge in [0.2, 0.25) is 0 Å². The Kier molecular flexibility index (Phi) is 5.13. The van der Waals surface area contributed by atoms with Gasteiger partial charge in [-0.25, -0.2) is 9.78 Å². The first-order chi connectivity index (χ1) is 11.2. The summed E-state index contributed by atoms with van der Waals surface area (Å²) in [5.41, 5.74) is 1.02. The smallest absolute Gasteiger partial charge is 0.318 e. The van der Waals surface area contributed by atoms with Crippen molar-refractivity contribution in [1.29, 1.82) is 0 Å². The minimum absolute atomic E-state index is 0.00504. The number of benzene rings is 1. The van der Waals surface area contributed by atoms with Crippen LogP contribution in [0.3, 0.4) is 0 Å². The molecule has 3 rings (SSSR count). The standard InChI is InChI=1S/C17H23N3O2S/c1-12(11-22-2)18-17(21)20-10-6-5-8-14(20)16-19-13-7-3-4-9-15(13)23-16/h3-4,7,9,12,14H,5-6,8,10-11H2,1-2H3,(H,18,21)/t12-,14-/m1/s1. The number of ether oxygens (including phenoxy) is 1. The number of nitrogens with zero attached hydrogens (tertiary/aromatic N) is 2. The number of carbonyl (C=O) groups excluding carboxylic acids is 1. The molecule has 0 radical (unpaired) electrons. The fourth-order valence-corrected chi connectivity index (χ4v) is 4.16. The molecule has 0 bridgehead atoms. The Morgan fingerprint density at radius 2 is 2.30 bits per heavy atom. The maximum Gasteiger partial charge on any atom is 0.318 e. The monoisotopic (exact) mass is 333 g/mol. The number of urea groups is 1. The molecular formula is C17H23N3O2S. The van der Waals surface area contributed by atoms with Gasteiger partial charge in [0.15, 0.2) is 0 Å². The number of hydrogen-bond acceptors (Lipinski definition) is 4. The SMILES string of the molecule is COC[C@@H](C)NC(=O)N1CCCC[C@@H]1c1nc2ccccc2s1. The highest BCUT2D eigenvalue weighted by molar-refractivity contribution is 7.18. The number of hydrogen-bond donors (Lipinski definition) is 1. The van der Waals surface area contributed by atoms with Crippen molar-refractivity contribution in [2.45, 2.75) is 38.3 Å². The number of thiazole rings is 1. The fourth-order valence-electron chi connectivity index (χ4n) is 3.05. The number of rotatable bonds is 4. The molecule has 1 saturated heterocycles. The highest BCUT2D eigenvalue weighted by Crippen LogP contribution is 2.35. The summed E-state index contributed by atoms with van der Waals surface area (Å²) in [6.07, 6.45) is 3.16. The van der Waals surface area contributed by atoms with Gasteiger partial charge in [0.05, 0.1) is 28.9 Å². The quantitative estimate of drug-likeness (QED) is 0.930. The third-order valence-electron chi connectivity index (χ3n) is 4.15. The van der Waals surface area contributed by atoms with Crippen LogP contribution < -0.4 is 5.32 Å². The lowest BCUT2D eigenvalue weighted by atomic mass is 10.0. The van der Waals surface area contributed by atoms with E-state index in [2.05, 4.69) is 11.4 Å². The molecule has 0 unspecified atom stereocenters. The summed E-state index contributed by atoms with van der Waals surface area (Å²) in [6.45, 7) is 3.26. The second kappa shape index (κ2) is 7.27. The molecule has 1 N–H and O–H groups in total. The molecule has 1 fully saturated rings. The predicted molar refractivity (Wildman–Crippen MR) is 92.8 cm³/mol. The molecule has 0 spiro atoms. The Labute approximate surface area is 140 Å². The summed E-state index contributed by atoms with van der Waals surface area (Å²) < 4.78 is 6.28. The molecule has 0 saturated carbocycles. The molecule has 2 atom stereocenters. The van der Waals surface area contributed by atoms with E-state index in [4.69, 9.17) is 9.72 Å². The fraction of sp³-hybridized carbons (Fsp3) is 0.529. The molecular weight excluding hydrogens is 310 g/mol. The van der Waals surface area contributed by atoms with Gasteiger partial charge in [-0.15, -0.1) is 11.3 Å². The van der Waals surface area contributed by atoms with Crippen molar-refractivity contribution in [2.24, 2.45) is 0 Å². The Morgan fingerprint density at radius 1 is 1.48 bits per heavy atom. The Hall–Kier alpha value is -1.66. The van der Waals surface area contributed by atoms with Gasteiger partial charge in [0, 0.05) is 13.7 Å². The van der Waals surface area contributed by atoms with Crippen LogP contribution in [-0.2, 0) is 4.74 Å². The van der Waals surface area contributed by atoms with Crippen LogP contribution in [0.2, 0.25) is 0 Å². The van der Waals surface area contributed by atoms with Gasteiger partial charge in [-0.3, -0.25) is 0 Å². The lowest BCUT2D eigenvalue weighted by molar-refractivity contribution is 0.135. The van der Waals surface area contributed by atoms with E-state index < -0.39 is 0 Å². The summed E-state index contributed by atoms with van der Waals surface area (Å²) >= 11 is 1.70. The minimum Gasteiger partial charge on any atom is -0.383 e. The zero-order valence-corrected chi connectivity index (χ0v) is 14.4. The largest absolute Gasteiger partial charge is 0.383 e. The van der Waals surface area contributed by atoms with E-state index in [0.717, 1.165) is 36.3 Å². The van der Waals surface area contributed by atoms with Crippen molar-refractivity contribution >= 4 is 27.6 Å². The van der Waals surface area contributed by atoms with E-state index >= 15 is 0 Å². The van der Waals surface area contributed by atoms with Crippen LogP contribution in [-0.4, -0.2) is 42.2 Å². The summed E-state index contributed by atoms with van der Waals surface area (Å²) in [7, 11) is 1.65. The van der Waals surface area contributed by atoms with Crippen LogP contribution in [0, 0.1) is 0 Å².